The second kappa shape index (κ2) is 6.61. The molecule has 0 spiro atoms. The Balaban J connectivity index is 0.00000192. The number of hydrogen-bond acceptors (Lipinski definition) is 1. The van der Waals surface area contributed by atoms with E-state index in [0.717, 1.165) is 36.8 Å². The van der Waals surface area contributed by atoms with Gasteiger partial charge in [0.2, 0.25) is 0 Å². The molecule has 0 amide bonds. The molecule has 2 aliphatic rings. The Labute approximate surface area is 131 Å². The molecule has 2 atom stereocenters. The average Bonchev–Trinajstić information content (AvgIpc) is 2.53. The van der Waals surface area contributed by atoms with Crippen LogP contribution in [-0.4, -0.2) is 6.61 Å². The van der Waals surface area contributed by atoms with E-state index < -0.39 is 17.5 Å². The third kappa shape index (κ3) is 3.32. The quantitative estimate of drug-likeness (QED) is 0.641. The molecular formula is C18H25F3O. The van der Waals surface area contributed by atoms with Crippen molar-refractivity contribution in [1.82, 2.24) is 0 Å². The molecule has 1 aliphatic heterocycles. The topological polar surface area (TPSA) is 9.23 Å². The SMILES string of the molecule is CC1CCC(C2CCC(c3cc(F)c(F)c(F)c3)OC2)CC1.[HH]. The van der Waals surface area contributed by atoms with E-state index in [1.54, 1.807) is 0 Å². The maximum atomic E-state index is 13.3. The smallest absolute Gasteiger partial charge is 0.194 e. The minimum atomic E-state index is -1.41. The van der Waals surface area contributed by atoms with Crippen molar-refractivity contribution < 1.29 is 19.3 Å². The molecule has 1 aliphatic carbocycles. The second-order valence-corrected chi connectivity index (χ2v) is 6.98. The van der Waals surface area contributed by atoms with Crippen LogP contribution in [0.25, 0.3) is 0 Å². The second-order valence-electron chi connectivity index (χ2n) is 6.98. The van der Waals surface area contributed by atoms with Crippen LogP contribution in [0.4, 0.5) is 13.2 Å². The van der Waals surface area contributed by atoms with Crippen molar-refractivity contribution in [3.8, 4) is 0 Å². The average molecular weight is 314 g/mol. The highest BCUT2D eigenvalue weighted by atomic mass is 19.2. The fourth-order valence-corrected chi connectivity index (χ4v) is 3.92. The van der Waals surface area contributed by atoms with E-state index in [2.05, 4.69) is 6.92 Å². The first-order valence-electron chi connectivity index (χ1n) is 8.30. The maximum Gasteiger partial charge on any atom is 0.194 e. The van der Waals surface area contributed by atoms with Gasteiger partial charge in [-0.1, -0.05) is 19.8 Å². The molecule has 1 aromatic rings. The van der Waals surface area contributed by atoms with Crippen molar-refractivity contribution in [3.05, 3.63) is 35.1 Å². The molecule has 0 N–H and O–H groups in total. The van der Waals surface area contributed by atoms with Crippen LogP contribution in [-0.2, 0) is 4.74 Å². The summed E-state index contributed by atoms with van der Waals surface area (Å²) >= 11 is 0. The molecule has 0 bridgehead atoms. The standard InChI is InChI=1S/C18H23F3O.H2/c1-11-2-4-12(5-3-11)13-6-7-17(22-10-13)14-8-15(19)18(21)16(20)9-14;/h8-9,11-13,17H,2-7,10H2,1H3;1H. The highest BCUT2D eigenvalue weighted by molar-refractivity contribution is 5.22. The summed E-state index contributed by atoms with van der Waals surface area (Å²) in [6.45, 7) is 2.95. The fraction of sp³-hybridized carbons (Fsp3) is 0.667. The Morgan fingerprint density at radius 2 is 1.50 bits per heavy atom. The monoisotopic (exact) mass is 314 g/mol. The number of hydrogen-bond donors (Lipinski definition) is 0. The van der Waals surface area contributed by atoms with Gasteiger partial charge in [-0.3, -0.25) is 0 Å². The van der Waals surface area contributed by atoms with E-state index in [4.69, 9.17) is 4.74 Å². The normalized spacial score (nSPS) is 32.9. The van der Waals surface area contributed by atoms with Crippen LogP contribution in [0.3, 0.4) is 0 Å². The molecule has 124 valence electrons. The molecule has 1 nitrogen and oxygen atoms in total. The molecule has 4 heteroatoms. The fourth-order valence-electron chi connectivity index (χ4n) is 3.92. The zero-order valence-corrected chi connectivity index (χ0v) is 13.0. The van der Waals surface area contributed by atoms with Gasteiger partial charge < -0.3 is 4.74 Å². The Morgan fingerprint density at radius 1 is 0.909 bits per heavy atom. The van der Waals surface area contributed by atoms with Crippen LogP contribution in [0.15, 0.2) is 12.1 Å². The zero-order valence-electron chi connectivity index (χ0n) is 13.0. The summed E-state index contributed by atoms with van der Waals surface area (Å²) in [4.78, 5) is 0. The van der Waals surface area contributed by atoms with Crippen LogP contribution in [0.5, 0.6) is 0 Å². The largest absolute Gasteiger partial charge is 0.373 e. The van der Waals surface area contributed by atoms with Crippen molar-refractivity contribution in [2.75, 3.05) is 6.61 Å². The van der Waals surface area contributed by atoms with Crippen molar-refractivity contribution in [1.29, 1.82) is 0 Å². The highest BCUT2D eigenvalue weighted by Crippen LogP contribution is 2.40. The van der Waals surface area contributed by atoms with Gasteiger partial charge in [0.05, 0.1) is 12.7 Å². The van der Waals surface area contributed by atoms with Crippen molar-refractivity contribution in [3.63, 3.8) is 0 Å². The molecule has 0 aromatic heterocycles. The summed E-state index contributed by atoms with van der Waals surface area (Å²) < 4.78 is 45.5. The third-order valence-corrected chi connectivity index (χ3v) is 5.42. The molecule has 0 radical (unpaired) electrons. The summed E-state index contributed by atoms with van der Waals surface area (Å²) in [5.74, 6) is -1.57. The first-order chi connectivity index (χ1) is 10.5. The summed E-state index contributed by atoms with van der Waals surface area (Å²) in [6.07, 6.45) is 6.56. The third-order valence-electron chi connectivity index (χ3n) is 5.42. The van der Waals surface area contributed by atoms with Crippen LogP contribution >= 0.6 is 0 Å². The first kappa shape index (κ1) is 15.9. The molecule has 1 saturated carbocycles. The van der Waals surface area contributed by atoms with Crippen LogP contribution in [0.1, 0.15) is 58.5 Å². The summed E-state index contributed by atoms with van der Waals surface area (Å²) in [5.41, 5.74) is 0.409. The summed E-state index contributed by atoms with van der Waals surface area (Å²) in [6, 6.07) is 2.12. The van der Waals surface area contributed by atoms with Crippen LogP contribution in [0, 0.1) is 35.2 Å². The minimum Gasteiger partial charge on any atom is -0.373 e. The molecule has 1 aromatic carbocycles. The lowest BCUT2D eigenvalue weighted by molar-refractivity contribution is -0.0402. The van der Waals surface area contributed by atoms with Crippen molar-refractivity contribution >= 4 is 0 Å². The van der Waals surface area contributed by atoms with E-state index in [9.17, 15) is 13.2 Å². The molecular weight excluding hydrogens is 289 g/mol. The lowest BCUT2D eigenvalue weighted by atomic mass is 9.74. The van der Waals surface area contributed by atoms with Crippen LogP contribution < -0.4 is 0 Å². The Morgan fingerprint density at radius 3 is 2.05 bits per heavy atom. The van der Waals surface area contributed by atoms with Gasteiger partial charge >= 0.3 is 0 Å². The number of rotatable bonds is 2. The Hall–Kier alpha value is -1.03. The van der Waals surface area contributed by atoms with Gasteiger partial charge in [-0.15, -0.1) is 0 Å². The van der Waals surface area contributed by atoms with Gasteiger partial charge in [-0.25, -0.2) is 13.2 Å². The lowest BCUT2D eigenvalue weighted by Crippen LogP contribution is -2.29. The lowest BCUT2D eigenvalue weighted by Gasteiger charge is -2.37. The predicted octanol–water partition coefficient (Wildman–Crippen LogP) is 5.64. The van der Waals surface area contributed by atoms with Gasteiger partial charge in [-0.05, 0) is 61.1 Å². The van der Waals surface area contributed by atoms with E-state index in [1.807, 2.05) is 0 Å². The van der Waals surface area contributed by atoms with Crippen molar-refractivity contribution in [2.24, 2.45) is 17.8 Å². The minimum absolute atomic E-state index is 0. The van der Waals surface area contributed by atoms with E-state index in [-0.39, 0.29) is 7.53 Å². The van der Waals surface area contributed by atoms with E-state index in [0.29, 0.717) is 18.1 Å². The van der Waals surface area contributed by atoms with E-state index >= 15 is 0 Å². The molecule has 2 unspecified atom stereocenters. The predicted molar refractivity (Wildman–Crippen MR) is 81.0 cm³/mol. The summed E-state index contributed by atoms with van der Waals surface area (Å²) in [7, 11) is 0. The van der Waals surface area contributed by atoms with Gasteiger partial charge in [0, 0.05) is 1.43 Å². The number of halogens is 3. The molecule has 3 rings (SSSR count). The first-order valence-corrected chi connectivity index (χ1v) is 8.30. The van der Waals surface area contributed by atoms with Gasteiger partial charge in [-0.2, -0.15) is 0 Å². The molecule has 1 saturated heterocycles. The van der Waals surface area contributed by atoms with Crippen molar-refractivity contribution in [2.45, 2.75) is 51.6 Å². The maximum absolute atomic E-state index is 13.3. The zero-order chi connectivity index (χ0) is 15.7. The highest BCUT2D eigenvalue weighted by Gasteiger charge is 2.31. The van der Waals surface area contributed by atoms with E-state index in [1.165, 1.54) is 25.7 Å². The number of ether oxygens (including phenoxy) is 1. The van der Waals surface area contributed by atoms with Crippen LogP contribution in [0.2, 0.25) is 0 Å². The Kier molecular flexibility index (Phi) is 4.76. The molecule has 22 heavy (non-hydrogen) atoms. The molecule has 2 fully saturated rings. The summed E-state index contributed by atoms with van der Waals surface area (Å²) in [5, 5.41) is 0. The van der Waals surface area contributed by atoms with Gasteiger partial charge in [0.15, 0.2) is 17.5 Å². The van der Waals surface area contributed by atoms with Gasteiger partial charge in [0.1, 0.15) is 0 Å². The van der Waals surface area contributed by atoms with Gasteiger partial charge in [0.25, 0.3) is 0 Å². The number of benzene rings is 1. The Bertz CT molecular complexity index is 498. The molecule has 1 heterocycles.